The number of hydrogen-bond acceptors (Lipinski definition) is 5. The maximum absolute atomic E-state index is 13.9. The second-order valence-corrected chi connectivity index (χ2v) is 6.60. The average Bonchev–Trinajstić information content (AvgIpc) is 3.17. The van der Waals surface area contributed by atoms with Crippen molar-refractivity contribution in [2.45, 2.75) is 25.1 Å². The molecule has 0 spiro atoms. The molecular weight excluding hydrogens is 379 g/mol. The van der Waals surface area contributed by atoms with E-state index >= 15 is 0 Å². The molecule has 0 bridgehead atoms. The van der Waals surface area contributed by atoms with Crippen LogP contribution in [0.3, 0.4) is 0 Å². The number of methoxy groups -OCH3 is 2. The number of halogens is 1. The molecule has 7 nitrogen and oxygen atoms in total. The number of para-hydroxylation sites is 1. The van der Waals surface area contributed by atoms with Gasteiger partial charge < -0.3 is 24.4 Å². The van der Waals surface area contributed by atoms with Crippen LogP contribution in [-0.4, -0.2) is 49.8 Å². The Hall–Kier alpha value is -3.29. The molecule has 1 fully saturated rings. The number of ether oxygens (including phenoxy) is 3. The first-order valence-electron chi connectivity index (χ1n) is 9.18. The molecule has 1 aliphatic rings. The van der Waals surface area contributed by atoms with Gasteiger partial charge in [-0.3, -0.25) is 0 Å². The summed E-state index contributed by atoms with van der Waals surface area (Å²) in [7, 11) is 2.84. The molecule has 1 saturated heterocycles. The Balaban J connectivity index is 1.65. The summed E-state index contributed by atoms with van der Waals surface area (Å²) in [6, 6.07) is 12.1. The zero-order valence-corrected chi connectivity index (χ0v) is 16.3. The molecule has 2 unspecified atom stereocenters. The molecule has 0 aromatic heterocycles. The number of rotatable bonds is 6. The quantitative estimate of drug-likeness (QED) is 0.752. The summed E-state index contributed by atoms with van der Waals surface area (Å²) >= 11 is 0. The van der Waals surface area contributed by atoms with Crippen molar-refractivity contribution in [3.63, 3.8) is 0 Å². The molecule has 0 saturated carbocycles. The number of carbonyl (C=O) groups is 2. The Morgan fingerprint density at radius 3 is 2.52 bits per heavy atom. The van der Waals surface area contributed by atoms with Crippen molar-refractivity contribution in [3.05, 3.63) is 59.9 Å². The van der Waals surface area contributed by atoms with Crippen LogP contribution in [0.4, 0.5) is 9.18 Å². The highest BCUT2D eigenvalue weighted by atomic mass is 19.1. The second-order valence-electron chi connectivity index (χ2n) is 6.60. The number of urea groups is 1. The van der Waals surface area contributed by atoms with Gasteiger partial charge in [0.1, 0.15) is 17.9 Å². The zero-order valence-electron chi connectivity index (χ0n) is 16.3. The third kappa shape index (κ3) is 4.96. The minimum Gasteiger partial charge on any atom is -0.497 e. The zero-order chi connectivity index (χ0) is 20.8. The van der Waals surface area contributed by atoms with Gasteiger partial charge in [0, 0.05) is 13.0 Å². The number of likely N-dealkylation sites (tertiary alicyclic amines) is 1. The molecule has 3 rings (SSSR count). The van der Waals surface area contributed by atoms with Gasteiger partial charge in [-0.05, 0) is 29.8 Å². The smallest absolute Gasteiger partial charge is 0.328 e. The first-order valence-corrected chi connectivity index (χ1v) is 9.18. The second kappa shape index (κ2) is 9.27. The Labute approximate surface area is 168 Å². The largest absolute Gasteiger partial charge is 0.497 e. The lowest BCUT2D eigenvalue weighted by atomic mass is 10.2. The lowest BCUT2D eigenvalue weighted by molar-refractivity contribution is -0.145. The summed E-state index contributed by atoms with van der Waals surface area (Å²) in [6.45, 7) is 0.425. The summed E-state index contributed by atoms with van der Waals surface area (Å²) < 4.78 is 29.5. The van der Waals surface area contributed by atoms with Gasteiger partial charge in [-0.1, -0.05) is 24.3 Å². The van der Waals surface area contributed by atoms with Crippen molar-refractivity contribution in [1.82, 2.24) is 10.2 Å². The SMILES string of the molecule is COC(=O)C1CC(Oc2ccccc2F)CN1C(=O)NCc1ccc(OC)cc1. The Morgan fingerprint density at radius 1 is 1.14 bits per heavy atom. The van der Waals surface area contributed by atoms with Crippen LogP contribution >= 0.6 is 0 Å². The lowest BCUT2D eigenvalue weighted by Gasteiger charge is -2.22. The Bertz CT molecular complexity index is 858. The van der Waals surface area contributed by atoms with Gasteiger partial charge in [-0.15, -0.1) is 0 Å². The summed E-state index contributed by atoms with van der Waals surface area (Å²) in [5, 5.41) is 2.79. The van der Waals surface area contributed by atoms with Crippen LogP contribution in [0.1, 0.15) is 12.0 Å². The van der Waals surface area contributed by atoms with Gasteiger partial charge in [0.05, 0.1) is 20.8 Å². The highest BCUT2D eigenvalue weighted by Crippen LogP contribution is 2.25. The van der Waals surface area contributed by atoms with Gasteiger partial charge in [0.15, 0.2) is 11.6 Å². The van der Waals surface area contributed by atoms with Crippen LogP contribution in [0.15, 0.2) is 48.5 Å². The van der Waals surface area contributed by atoms with E-state index in [2.05, 4.69) is 5.32 Å². The van der Waals surface area contributed by atoms with Crippen molar-refractivity contribution in [2.24, 2.45) is 0 Å². The monoisotopic (exact) mass is 402 g/mol. The first kappa shape index (κ1) is 20.4. The maximum atomic E-state index is 13.9. The molecule has 8 heteroatoms. The van der Waals surface area contributed by atoms with Crippen LogP contribution in [0.2, 0.25) is 0 Å². The van der Waals surface area contributed by atoms with Crippen molar-refractivity contribution >= 4 is 12.0 Å². The van der Waals surface area contributed by atoms with Gasteiger partial charge >= 0.3 is 12.0 Å². The van der Waals surface area contributed by atoms with Crippen molar-refractivity contribution in [1.29, 1.82) is 0 Å². The number of benzene rings is 2. The van der Waals surface area contributed by atoms with E-state index < -0.39 is 30.0 Å². The number of nitrogens with one attached hydrogen (secondary N) is 1. The summed E-state index contributed by atoms with van der Waals surface area (Å²) in [5.74, 6) is -0.228. The van der Waals surface area contributed by atoms with E-state index in [0.717, 1.165) is 11.3 Å². The Kier molecular flexibility index (Phi) is 6.54. The van der Waals surface area contributed by atoms with Gasteiger partial charge in [-0.2, -0.15) is 0 Å². The fourth-order valence-electron chi connectivity index (χ4n) is 3.21. The van der Waals surface area contributed by atoms with Gasteiger partial charge in [0.2, 0.25) is 0 Å². The predicted molar refractivity (Wildman–Crippen MR) is 103 cm³/mol. The fourth-order valence-corrected chi connectivity index (χ4v) is 3.21. The molecule has 0 aliphatic carbocycles. The molecule has 29 heavy (non-hydrogen) atoms. The molecule has 2 amide bonds. The van der Waals surface area contributed by atoms with E-state index in [9.17, 15) is 14.0 Å². The molecule has 2 atom stereocenters. The first-order chi connectivity index (χ1) is 14.0. The van der Waals surface area contributed by atoms with E-state index in [1.165, 1.54) is 24.1 Å². The predicted octanol–water partition coefficient (Wildman–Crippen LogP) is 2.74. The van der Waals surface area contributed by atoms with Gasteiger partial charge in [0.25, 0.3) is 0 Å². The molecular formula is C21H23FN2O5. The summed E-state index contributed by atoms with van der Waals surface area (Å²) in [5.41, 5.74) is 0.882. The maximum Gasteiger partial charge on any atom is 0.328 e. The molecule has 2 aromatic rings. The highest BCUT2D eigenvalue weighted by Gasteiger charge is 2.41. The van der Waals surface area contributed by atoms with Crippen LogP contribution in [-0.2, 0) is 16.1 Å². The number of esters is 1. The normalized spacial score (nSPS) is 18.2. The average molecular weight is 402 g/mol. The molecule has 1 N–H and O–H groups in total. The van der Waals surface area contributed by atoms with E-state index in [1.807, 2.05) is 12.1 Å². The van der Waals surface area contributed by atoms with Gasteiger partial charge in [-0.25, -0.2) is 14.0 Å². The third-order valence-electron chi connectivity index (χ3n) is 4.73. The molecule has 2 aromatic carbocycles. The molecule has 154 valence electrons. The van der Waals surface area contributed by atoms with Crippen LogP contribution in [0.5, 0.6) is 11.5 Å². The number of nitrogens with zero attached hydrogens (tertiary/aromatic N) is 1. The van der Waals surface area contributed by atoms with Crippen molar-refractivity contribution in [3.8, 4) is 11.5 Å². The minimum atomic E-state index is -0.798. The summed E-state index contributed by atoms with van der Waals surface area (Å²) in [4.78, 5) is 26.2. The highest BCUT2D eigenvalue weighted by molar-refractivity contribution is 5.84. The number of amides is 2. The van der Waals surface area contributed by atoms with Crippen LogP contribution < -0.4 is 14.8 Å². The van der Waals surface area contributed by atoms with Crippen LogP contribution in [0, 0.1) is 5.82 Å². The lowest BCUT2D eigenvalue weighted by Crippen LogP contribution is -2.46. The summed E-state index contributed by atoms with van der Waals surface area (Å²) in [6.07, 6.45) is -0.306. The van der Waals surface area contributed by atoms with Crippen molar-refractivity contribution < 1.29 is 28.2 Å². The van der Waals surface area contributed by atoms with E-state index in [0.29, 0.717) is 0 Å². The molecule has 0 radical (unpaired) electrons. The molecule has 1 aliphatic heterocycles. The number of carbonyl (C=O) groups excluding carboxylic acids is 2. The van der Waals surface area contributed by atoms with E-state index in [4.69, 9.17) is 14.2 Å². The van der Waals surface area contributed by atoms with Crippen LogP contribution in [0.25, 0.3) is 0 Å². The van der Waals surface area contributed by atoms with E-state index in [-0.39, 0.29) is 25.3 Å². The topological polar surface area (TPSA) is 77.1 Å². The third-order valence-corrected chi connectivity index (χ3v) is 4.73. The Morgan fingerprint density at radius 2 is 1.86 bits per heavy atom. The molecule has 1 heterocycles. The van der Waals surface area contributed by atoms with Crippen molar-refractivity contribution in [2.75, 3.05) is 20.8 Å². The standard InChI is InChI=1S/C21H23FN2O5/c1-27-15-9-7-14(8-10-15)12-23-21(26)24-13-16(11-18(24)20(25)28-2)29-19-6-4-3-5-17(19)22/h3-10,16,18H,11-13H2,1-2H3,(H,23,26). The fraction of sp³-hybridized carbons (Fsp3) is 0.333. The number of hydrogen-bond donors (Lipinski definition) is 1. The van der Waals surface area contributed by atoms with E-state index in [1.54, 1.807) is 31.4 Å². The minimum absolute atomic E-state index is 0.0848.